The van der Waals surface area contributed by atoms with Crippen molar-refractivity contribution < 1.29 is 34.8 Å². The molecule has 0 fully saturated rings. The third kappa shape index (κ3) is 4.19. The van der Waals surface area contributed by atoms with Crippen LogP contribution in [0.3, 0.4) is 0 Å². The summed E-state index contributed by atoms with van der Waals surface area (Å²) < 4.78 is 0. The van der Waals surface area contributed by atoms with Gasteiger partial charge in [-0.1, -0.05) is 6.92 Å². The van der Waals surface area contributed by atoms with Crippen LogP contribution in [-0.4, -0.2) is 88.7 Å². The normalized spacial score (nSPS) is 27.3. The maximum Gasteiger partial charge on any atom is 0.255 e. The molecule has 0 heterocycles. The second kappa shape index (κ2) is 9.96. The number of allylic oxidation sites excluding steroid dienone is 1. The van der Waals surface area contributed by atoms with Gasteiger partial charge in [-0.05, 0) is 63.4 Å². The molecule has 0 aromatic heterocycles. The number of aliphatic hydroxyl groups excluding tert-OH is 2. The molecule has 3 aliphatic rings. The van der Waals surface area contributed by atoms with Gasteiger partial charge in [0, 0.05) is 43.9 Å². The number of carbonyl (C=O) groups excluding carboxylic acids is 3. The molecule has 0 bridgehead atoms. The maximum atomic E-state index is 13.9. The van der Waals surface area contributed by atoms with Crippen molar-refractivity contribution in [3.63, 3.8) is 0 Å². The Kier molecular flexibility index (Phi) is 7.30. The number of nitrogens with two attached hydrogens (primary N) is 1. The van der Waals surface area contributed by atoms with Crippen LogP contribution >= 0.6 is 0 Å². The molecule has 0 saturated heterocycles. The third-order valence-electron chi connectivity index (χ3n) is 8.47. The van der Waals surface area contributed by atoms with Crippen molar-refractivity contribution in [3.05, 3.63) is 45.4 Å². The second-order valence-corrected chi connectivity index (χ2v) is 11.3. The summed E-state index contributed by atoms with van der Waals surface area (Å²) in [6.07, 6.45) is 1.21. The second-order valence-electron chi connectivity index (χ2n) is 11.3. The fourth-order valence-electron chi connectivity index (χ4n) is 6.49. The van der Waals surface area contributed by atoms with Crippen molar-refractivity contribution in [1.82, 2.24) is 10.2 Å². The number of Topliss-reactive ketones (excluding diaryl/α,β-unsaturated/α-hetero) is 2. The first-order valence-corrected chi connectivity index (χ1v) is 13.1. The summed E-state index contributed by atoms with van der Waals surface area (Å²) in [4.78, 5) is 42.8. The zero-order valence-corrected chi connectivity index (χ0v) is 23.2. The molecule has 1 unspecified atom stereocenters. The lowest BCUT2D eigenvalue weighted by molar-refractivity contribution is -0.148. The fraction of sp³-hybridized carbons (Fsp3) is 0.536. The number of hydrogen-bond donors (Lipinski definition) is 6. The summed E-state index contributed by atoms with van der Waals surface area (Å²) in [7, 11) is 6.91. The number of anilines is 1. The van der Waals surface area contributed by atoms with Crippen LogP contribution in [-0.2, 0) is 22.6 Å². The van der Waals surface area contributed by atoms with Crippen molar-refractivity contribution in [2.75, 3.05) is 33.1 Å². The van der Waals surface area contributed by atoms with E-state index in [1.165, 1.54) is 11.0 Å². The maximum absolute atomic E-state index is 13.9. The molecule has 5 atom stereocenters. The highest BCUT2D eigenvalue weighted by Gasteiger charge is 2.63. The topological polar surface area (TPSA) is 177 Å². The molecule has 39 heavy (non-hydrogen) atoms. The average Bonchev–Trinajstić information content (AvgIpc) is 2.83. The molecule has 1 amide bonds. The standard InChI is InChI=1S/C28H38N4O7/c1-7-12(2)30-11-14-10-17(33)19-15(21(14)31(3)4)8-13-9-16-22(32(5)6)24(35)20(27(29)38)26(37)28(16,39)25(36)18(13)23(19)34/h10,12-13,16,22,30,33,35-36,39H,7-9,11H2,1-6H3,(H2,29,38)/t12?,13-,16-,22-,28-/m0/s1. The van der Waals surface area contributed by atoms with E-state index in [-0.39, 0.29) is 35.8 Å². The van der Waals surface area contributed by atoms with Gasteiger partial charge in [-0.15, -0.1) is 0 Å². The van der Waals surface area contributed by atoms with E-state index >= 15 is 0 Å². The van der Waals surface area contributed by atoms with Crippen LogP contribution in [0.5, 0.6) is 5.75 Å². The number of amides is 1. The van der Waals surface area contributed by atoms with Crippen LogP contribution < -0.4 is 16.0 Å². The quantitative estimate of drug-likeness (QED) is 0.273. The van der Waals surface area contributed by atoms with E-state index in [1.54, 1.807) is 14.1 Å². The molecule has 1 aromatic carbocycles. The Morgan fingerprint density at radius 1 is 1.21 bits per heavy atom. The first-order chi connectivity index (χ1) is 18.2. The molecule has 11 nitrogen and oxygen atoms in total. The number of ketones is 2. The SMILES string of the molecule is CCC(C)NCc1cc(O)c2c(c1N(C)C)C[C@H]1C[C@H]3[C@H](N(C)C)C(O)=C(C(N)=O)C(=O)[C@@]3(O)C(O)=C1C2=O. The van der Waals surface area contributed by atoms with Gasteiger partial charge in [0.2, 0.25) is 5.78 Å². The van der Waals surface area contributed by atoms with Gasteiger partial charge in [0.15, 0.2) is 11.4 Å². The first kappa shape index (κ1) is 28.6. The van der Waals surface area contributed by atoms with Gasteiger partial charge < -0.3 is 36.4 Å². The van der Waals surface area contributed by atoms with Crippen LogP contribution in [0.1, 0.15) is 48.2 Å². The summed E-state index contributed by atoms with van der Waals surface area (Å²) in [5, 5.41) is 48.5. The lowest BCUT2D eigenvalue weighted by Gasteiger charge is -2.50. The summed E-state index contributed by atoms with van der Waals surface area (Å²) in [5.74, 6) is -6.58. The number of primary amides is 1. The number of carbonyl (C=O) groups is 3. The minimum atomic E-state index is -2.65. The molecule has 7 N–H and O–H groups in total. The number of likely N-dealkylation sites (N-methyl/N-ethyl adjacent to an activating group) is 1. The molecule has 0 aliphatic heterocycles. The van der Waals surface area contributed by atoms with E-state index in [2.05, 4.69) is 19.2 Å². The lowest BCUT2D eigenvalue weighted by Crippen LogP contribution is -2.63. The number of benzene rings is 1. The highest BCUT2D eigenvalue weighted by molar-refractivity contribution is 6.24. The van der Waals surface area contributed by atoms with Crippen molar-refractivity contribution >= 4 is 23.2 Å². The number of nitrogens with zero attached hydrogens (tertiary/aromatic N) is 2. The number of hydrogen-bond acceptors (Lipinski definition) is 10. The summed E-state index contributed by atoms with van der Waals surface area (Å²) in [6.45, 7) is 4.58. The minimum Gasteiger partial charge on any atom is -0.510 e. The van der Waals surface area contributed by atoms with Crippen molar-refractivity contribution in [3.8, 4) is 5.75 Å². The molecule has 3 aliphatic carbocycles. The van der Waals surface area contributed by atoms with E-state index in [0.29, 0.717) is 12.1 Å². The van der Waals surface area contributed by atoms with E-state index in [4.69, 9.17) is 5.73 Å². The number of aromatic hydroxyl groups is 1. The van der Waals surface area contributed by atoms with E-state index in [1.807, 2.05) is 19.0 Å². The Morgan fingerprint density at radius 3 is 2.38 bits per heavy atom. The first-order valence-electron chi connectivity index (χ1n) is 13.1. The Labute approximate surface area is 227 Å². The molecule has 0 saturated carbocycles. The Morgan fingerprint density at radius 2 is 1.85 bits per heavy atom. The van der Waals surface area contributed by atoms with Crippen LogP contribution in [0.2, 0.25) is 0 Å². The van der Waals surface area contributed by atoms with Crippen LogP contribution in [0.4, 0.5) is 5.69 Å². The van der Waals surface area contributed by atoms with E-state index < -0.39 is 58.0 Å². The number of fused-ring (bicyclic) bond motifs is 3. The molecule has 0 radical (unpaired) electrons. The third-order valence-corrected chi connectivity index (χ3v) is 8.47. The van der Waals surface area contributed by atoms with E-state index in [0.717, 1.165) is 17.7 Å². The van der Waals surface area contributed by atoms with Gasteiger partial charge in [-0.25, -0.2) is 0 Å². The predicted octanol–water partition coefficient (Wildman–Crippen LogP) is 1.07. The van der Waals surface area contributed by atoms with E-state index in [9.17, 15) is 34.8 Å². The summed E-state index contributed by atoms with van der Waals surface area (Å²) in [6, 6.07) is 0.739. The molecule has 1 aromatic rings. The van der Waals surface area contributed by atoms with Gasteiger partial charge >= 0.3 is 0 Å². The summed E-state index contributed by atoms with van der Waals surface area (Å²) in [5.41, 5.74) is 3.93. The molecular formula is C28H38N4O7. The molecule has 0 spiro atoms. The lowest BCUT2D eigenvalue weighted by atomic mass is 9.58. The number of phenolic OH excluding ortho intramolecular Hbond substituents is 1. The summed E-state index contributed by atoms with van der Waals surface area (Å²) >= 11 is 0. The largest absolute Gasteiger partial charge is 0.510 e. The molecule has 11 heteroatoms. The van der Waals surface area contributed by atoms with Gasteiger partial charge in [-0.2, -0.15) is 0 Å². The van der Waals surface area contributed by atoms with Gasteiger partial charge in [0.25, 0.3) is 5.91 Å². The fourth-order valence-corrected chi connectivity index (χ4v) is 6.49. The Hall–Kier alpha value is -3.41. The van der Waals surface area contributed by atoms with Crippen molar-refractivity contribution in [2.45, 2.75) is 57.3 Å². The van der Waals surface area contributed by atoms with Gasteiger partial charge in [-0.3, -0.25) is 19.3 Å². The van der Waals surface area contributed by atoms with Crippen LogP contribution in [0, 0.1) is 11.8 Å². The van der Waals surface area contributed by atoms with Crippen molar-refractivity contribution in [1.29, 1.82) is 0 Å². The van der Waals surface area contributed by atoms with Crippen LogP contribution in [0.15, 0.2) is 28.7 Å². The molecule has 4 rings (SSSR count). The minimum absolute atomic E-state index is 0.00627. The zero-order valence-electron chi connectivity index (χ0n) is 23.2. The number of nitrogens with one attached hydrogen (secondary N) is 1. The smallest absolute Gasteiger partial charge is 0.255 e. The van der Waals surface area contributed by atoms with Gasteiger partial charge in [0.05, 0.1) is 11.6 Å². The number of phenols is 1. The van der Waals surface area contributed by atoms with Crippen molar-refractivity contribution in [2.24, 2.45) is 17.6 Å². The predicted molar refractivity (Wildman–Crippen MR) is 145 cm³/mol. The monoisotopic (exact) mass is 542 g/mol. The van der Waals surface area contributed by atoms with Crippen LogP contribution in [0.25, 0.3) is 0 Å². The number of aliphatic hydroxyl groups is 3. The molecule has 212 valence electrons. The Balaban J connectivity index is 1.92. The number of rotatable bonds is 7. The zero-order chi connectivity index (χ0) is 29.1. The molecular weight excluding hydrogens is 504 g/mol. The highest BCUT2D eigenvalue weighted by atomic mass is 16.3. The average molecular weight is 543 g/mol. The Bertz CT molecular complexity index is 1320. The highest BCUT2D eigenvalue weighted by Crippen LogP contribution is 2.53. The van der Waals surface area contributed by atoms with Gasteiger partial charge in [0.1, 0.15) is 22.8 Å².